The summed E-state index contributed by atoms with van der Waals surface area (Å²) in [6.07, 6.45) is 1.36. The van der Waals surface area contributed by atoms with Crippen molar-refractivity contribution in [1.82, 2.24) is 0 Å². The van der Waals surface area contributed by atoms with Gasteiger partial charge in [-0.15, -0.1) is 0 Å². The molecule has 2 fully saturated rings. The SMILES string of the molecule is CCOc1ccc(Cc2cc(C3O[C@@H]4C[C@H]4[C@H](OCc4ccccc4)[C@H]3OCc3ccccc3)ccc2Cl)cc1. The number of hydrogen-bond acceptors (Lipinski definition) is 4. The Labute approximate surface area is 241 Å². The molecule has 1 saturated carbocycles. The van der Waals surface area contributed by atoms with Crippen LogP contribution in [0.25, 0.3) is 0 Å². The van der Waals surface area contributed by atoms with E-state index >= 15 is 0 Å². The lowest BCUT2D eigenvalue weighted by Crippen LogP contribution is -2.44. The highest BCUT2D eigenvalue weighted by Crippen LogP contribution is 2.51. The van der Waals surface area contributed by atoms with Crippen molar-refractivity contribution in [3.8, 4) is 5.75 Å². The predicted octanol–water partition coefficient (Wildman–Crippen LogP) is 7.96. The quantitative estimate of drug-likeness (QED) is 0.188. The van der Waals surface area contributed by atoms with Gasteiger partial charge < -0.3 is 18.9 Å². The van der Waals surface area contributed by atoms with Crippen LogP contribution >= 0.6 is 11.6 Å². The van der Waals surface area contributed by atoms with E-state index < -0.39 is 0 Å². The standard InChI is InChI=1S/C35H35ClO4/c1-2-37-29-16-13-24(14-17-29)19-28-20-27(15-18-31(28)36)33-35(39-23-26-11-7-4-8-12-26)34(30-21-32(30)40-33)38-22-25-9-5-3-6-10-25/h3-18,20,30,32-35H,2,19,21-23H2,1H3/t30-,32-,33?,34+,35+/m1/s1. The van der Waals surface area contributed by atoms with Gasteiger partial charge in [-0.05, 0) is 65.8 Å². The van der Waals surface area contributed by atoms with Crippen LogP contribution in [-0.2, 0) is 33.8 Å². The lowest BCUT2D eigenvalue weighted by molar-refractivity contribution is -0.190. The monoisotopic (exact) mass is 554 g/mol. The first-order chi connectivity index (χ1) is 19.7. The summed E-state index contributed by atoms with van der Waals surface area (Å²) in [5.41, 5.74) is 5.60. The average Bonchev–Trinajstić information content (AvgIpc) is 3.78. The molecule has 0 aromatic heterocycles. The molecule has 4 aromatic carbocycles. The van der Waals surface area contributed by atoms with E-state index in [0.29, 0.717) is 25.7 Å². The van der Waals surface area contributed by atoms with Crippen molar-refractivity contribution in [2.45, 2.75) is 57.4 Å². The fourth-order valence-corrected chi connectivity index (χ4v) is 5.76. The van der Waals surface area contributed by atoms with Crippen LogP contribution in [0.2, 0.25) is 5.02 Å². The fourth-order valence-electron chi connectivity index (χ4n) is 5.57. The zero-order valence-corrected chi connectivity index (χ0v) is 23.5. The van der Waals surface area contributed by atoms with Crippen molar-refractivity contribution in [3.63, 3.8) is 0 Å². The smallest absolute Gasteiger partial charge is 0.119 e. The van der Waals surface area contributed by atoms with Gasteiger partial charge in [-0.2, -0.15) is 0 Å². The molecular formula is C35H35ClO4. The number of benzene rings is 4. The number of halogens is 1. The summed E-state index contributed by atoms with van der Waals surface area (Å²) >= 11 is 6.71. The van der Waals surface area contributed by atoms with E-state index in [4.69, 9.17) is 30.5 Å². The average molecular weight is 555 g/mol. The topological polar surface area (TPSA) is 36.9 Å². The molecule has 0 spiro atoms. The first kappa shape index (κ1) is 27.0. The minimum atomic E-state index is -0.246. The zero-order valence-electron chi connectivity index (χ0n) is 22.7. The molecule has 1 heterocycles. The van der Waals surface area contributed by atoms with E-state index in [1.54, 1.807) is 0 Å². The molecule has 1 aliphatic carbocycles. The summed E-state index contributed by atoms with van der Waals surface area (Å²) in [5, 5.41) is 0.747. The first-order valence-corrected chi connectivity index (χ1v) is 14.5. The summed E-state index contributed by atoms with van der Waals surface area (Å²) in [7, 11) is 0. The van der Waals surface area contributed by atoms with Crippen molar-refractivity contribution >= 4 is 11.6 Å². The molecule has 0 bridgehead atoms. The molecule has 6 rings (SSSR count). The second-order valence-electron chi connectivity index (χ2n) is 10.6. The van der Waals surface area contributed by atoms with Gasteiger partial charge in [0, 0.05) is 10.9 Å². The Hall–Kier alpha value is -3.15. The van der Waals surface area contributed by atoms with Crippen LogP contribution in [0.5, 0.6) is 5.75 Å². The molecular weight excluding hydrogens is 520 g/mol. The van der Waals surface area contributed by atoms with Crippen molar-refractivity contribution in [2.75, 3.05) is 6.61 Å². The van der Waals surface area contributed by atoms with Gasteiger partial charge in [-0.3, -0.25) is 0 Å². The molecule has 206 valence electrons. The highest BCUT2D eigenvalue weighted by molar-refractivity contribution is 6.31. The van der Waals surface area contributed by atoms with E-state index in [2.05, 4.69) is 60.7 Å². The molecule has 1 aliphatic heterocycles. The highest BCUT2D eigenvalue weighted by atomic mass is 35.5. The third-order valence-electron chi connectivity index (χ3n) is 7.74. The number of rotatable bonds is 11. The fraction of sp³-hybridized carbons (Fsp3) is 0.314. The van der Waals surface area contributed by atoms with Gasteiger partial charge in [0.05, 0.1) is 32.0 Å². The third-order valence-corrected chi connectivity index (χ3v) is 8.11. The molecule has 40 heavy (non-hydrogen) atoms. The van der Waals surface area contributed by atoms with Crippen molar-refractivity contribution in [2.24, 2.45) is 5.92 Å². The van der Waals surface area contributed by atoms with Crippen LogP contribution in [0.1, 0.15) is 47.3 Å². The van der Waals surface area contributed by atoms with Crippen LogP contribution in [-0.4, -0.2) is 24.9 Å². The van der Waals surface area contributed by atoms with Crippen LogP contribution in [0, 0.1) is 5.92 Å². The summed E-state index contributed by atoms with van der Waals surface area (Å²) in [4.78, 5) is 0. The van der Waals surface area contributed by atoms with Gasteiger partial charge in [-0.25, -0.2) is 0 Å². The van der Waals surface area contributed by atoms with E-state index in [9.17, 15) is 0 Å². The van der Waals surface area contributed by atoms with Crippen molar-refractivity contribution in [3.05, 3.63) is 136 Å². The van der Waals surface area contributed by atoms with Crippen LogP contribution in [0.4, 0.5) is 0 Å². The molecule has 5 atom stereocenters. The minimum Gasteiger partial charge on any atom is -0.494 e. The van der Waals surface area contributed by atoms with Crippen molar-refractivity contribution < 1.29 is 18.9 Å². The van der Waals surface area contributed by atoms with Crippen LogP contribution in [0.15, 0.2) is 103 Å². The molecule has 5 heteroatoms. The highest BCUT2D eigenvalue weighted by Gasteiger charge is 2.56. The Balaban J connectivity index is 1.25. The molecule has 1 saturated heterocycles. The maximum Gasteiger partial charge on any atom is 0.119 e. The van der Waals surface area contributed by atoms with Gasteiger partial charge in [0.15, 0.2) is 0 Å². The Bertz CT molecular complexity index is 1380. The molecule has 0 N–H and O–H groups in total. The molecule has 4 aromatic rings. The van der Waals surface area contributed by atoms with Gasteiger partial charge >= 0.3 is 0 Å². The Morgan fingerprint density at radius 2 is 1.40 bits per heavy atom. The maximum absolute atomic E-state index is 6.71. The summed E-state index contributed by atoms with van der Waals surface area (Å²) < 4.78 is 25.5. The molecule has 2 aliphatic rings. The number of ether oxygens (including phenoxy) is 4. The number of hydrogen-bond donors (Lipinski definition) is 0. The second-order valence-corrected chi connectivity index (χ2v) is 11.0. The lowest BCUT2D eigenvalue weighted by atomic mass is 9.92. The largest absolute Gasteiger partial charge is 0.494 e. The van der Waals surface area contributed by atoms with E-state index in [0.717, 1.165) is 45.9 Å². The van der Waals surface area contributed by atoms with Crippen LogP contribution < -0.4 is 4.74 Å². The lowest BCUT2D eigenvalue weighted by Gasteiger charge is -2.38. The van der Waals surface area contributed by atoms with E-state index in [1.807, 2.05) is 49.4 Å². The molecule has 4 nitrogen and oxygen atoms in total. The zero-order chi connectivity index (χ0) is 27.3. The van der Waals surface area contributed by atoms with Gasteiger partial charge in [0.2, 0.25) is 0 Å². The van der Waals surface area contributed by atoms with Crippen LogP contribution in [0.3, 0.4) is 0 Å². The summed E-state index contributed by atoms with van der Waals surface area (Å²) in [6, 6.07) is 35.1. The first-order valence-electron chi connectivity index (χ1n) is 14.1. The predicted molar refractivity (Wildman–Crippen MR) is 158 cm³/mol. The molecule has 0 radical (unpaired) electrons. The summed E-state index contributed by atoms with van der Waals surface area (Å²) in [5.74, 6) is 1.22. The Morgan fingerprint density at radius 1 is 0.750 bits per heavy atom. The Morgan fingerprint density at radius 3 is 2.05 bits per heavy atom. The third kappa shape index (κ3) is 6.42. The number of fused-ring (bicyclic) bond motifs is 1. The van der Waals surface area contributed by atoms with Gasteiger partial charge in [0.1, 0.15) is 18.0 Å². The second kappa shape index (κ2) is 12.6. The van der Waals surface area contributed by atoms with Gasteiger partial charge in [0.25, 0.3) is 0 Å². The summed E-state index contributed by atoms with van der Waals surface area (Å²) in [6.45, 7) is 3.70. The maximum atomic E-state index is 6.71. The Kier molecular flexibility index (Phi) is 8.50. The van der Waals surface area contributed by atoms with Crippen molar-refractivity contribution in [1.29, 1.82) is 0 Å². The van der Waals surface area contributed by atoms with Gasteiger partial charge in [-0.1, -0.05) is 96.5 Å². The molecule has 1 unspecified atom stereocenters. The van der Waals surface area contributed by atoms with E-state index in [1.165, 1.54) is 5.56 Å². The minimum absolute atomic E-state index is 0.0575. The normalized spacial score (nSPS) is 23.4. The molecule has 0 amide bonds. The van der Waals surface area contributed by atoms with E-state index in [-0.39, 0.29) is 24.4 Å².